The van der Waals surface area contributed by atoms with Gasteiger partial charge in [0.1, 0.15) is 16.9 Å². The van der Waals surface area contributed by atoms with Crippen LogP contribution < -0.4 is 10.1 Å². The molecule has 3 aromatic rings. The third-order valence-electron chi connectivity index (χ3n) is 4.35. The largest absolute Gasteiger partial charge is 0.457 e. The van der Waals surface area contributed by atoms with Crippen LogP contribution in [0.4, 0.5) is 10.5 Å². The van der Waals surface area contributed by atoms with Gasteiger partial charge < -0.3 is 15.0 Å². The van der Waals surface area contributed by atoms with E-state index in [1.807, 2.05) is 71.6 Å². The molecule has 2 amide bonds. The Kier molecular flexibility index (Phi) is 5.74. The summed E-state index contributed by atoms with van der Waals surface area (Å²) in [7, 11) is 0. The van der Waals surface area contributed by atoms with Crippen LogP contribution in [0.1, 0.15) is 10.9 Å². The summed E-state index contributed by atoms with van der Waals surface area (Å²) in [5.41, 5.74) is 1.73. The molecule has 4 nitrogen and oxygen atoms in total. The summed E-state index contributed by atoms with van der Waals surface area (Å²) in [6.07, 6.45) is 0. The Bertz CT molecular complexity index is 968. The first kappa shape index (κ1) is 18.7. The zero-order chi connectivity index (χ0) is 19.3. The Labute approximate surface area is 173 Å². The van der Waals surface area contributed by atoms with Crippen molar-refractivity contribution in [3.8, 4) is 11.5 Å². The molecule has 6 heteroatoms. The lowest BCUT2D eigenvalue weighted by Crippen LogP contribution is -2.34. The fraction of sp³-hybridized carbons (Fsp3) is 0.136. The van der Waals surface area contributed by atoms with Gasteiger partial charge in [0.25, 0.3) is 0 Å². The van der Waals surface area contributed by atoms with Crippen LogP contribution in [-0.2, 0) is 0 Å². The normalized spacial score (nSPS) is 16.0. The Morgan fingerprint density at radius 3 is 2.61 bits per heavy atom. The molecular weight excluding hydrogens is 392 g/mol. The van der Waals surface area contributed by atoms with Gasteiger partial charge in [-0.05, 0) is 48.0 Å². The molecule has 4 rings (SSSR count). The Morgan fingerprint density at radius 2 is 1.79 bits per heavy atom. The summed E-state index contributed by atoms with van der Waals surface area (Å²) >= 11 is 7.76. The van der Waals surface area contributed by atoms with Crippen LogP contribution in [-0.4, -0.2) is 23.2 Å². The van der Waals surface area contributed by atoms with Gasteiger partial charge in [0.15, 0.2) is 0 Å². The highest BCUT2D eigenvalue weighted by Gasteiger charge is 2.31. The van der Waals surface area contributed by atoms with E-state index < -0.39 is 0 Å². The molecule has 1 heterocycles. The van der Waals surface area contributed by atoms with Gasteiger partial charge in [0, 0.05) is 23.0 Å². The first-order chi connectivity index (χ1) is 13.7. The van der Waals surface area contributed by atoms with Crippen molar-refractivity contribution < 1.29 is 9.53 Å². The van der Waals surface area contributed by atoms with E-state index in [0.717, 1.165) is 22.8 Å². The van der Waals surface area contributed by atoms with Crippen LogP contribution in [0.2, 0.25) is 5.02 Å². The fourth-order valence-electron chi connectivity index (χ4n) is 3.07. The summed E-state index contributed by atoms with van der Waals surface area (Å²) in [6, 6.07) is 24.6. The number of carbonyl (C=O) groups excluding carboxylic acids is 1. The van der Waals surface area contributed by atoms with Crippen molar-refractivity contribution in [2.75, 3.05) is 17.6 Å². The zero-order valence-corrected chi connectivity index (χ0v) is 16.6. The summed E-state index contributed by atoms with van der Waals surface area (Å²) in [6.45, 7) is 0.686. The number of rotatable bonds is 4. The summed E-state index contributed by atoms with van der Waals surface area (Å²) in [5.74, 6) is 2.43. The van der Waals surface area contributed by atoms with E-state index in [-0.39, 0.29) is 11.4 Å². The number of halogens is 1. The van der Waals surface area contributed by atoms with Crippen molar-refractivity contribution in [3.63, 3.8) is 0 Å². The minimum Gasteiger partial charge on any atom is -0.457 e. The van der Waals surface area contributed by atoms with Gasteiger partial charge in [0.05, 0.1) is 0 Å². The van der Waals surface area contributed by atoms with Crippen LogP contribution in [0.25, 0.3) is 0 Å². The molecule has 1 saturated heterocycles. The first-order valence-electron chi connectivity index (χ1n) is 8.97. The maximum absolute atomic E-state index is 12.8. The smallest absolute Gasteiger partial charge is 0.323 e. The van der Waals surface area contributed by atoms with Crippen molar-refractivity contribution in [3.05, 3.63) is 89.4 Å². The van der Waals surface area contributed by atoms with E-state index in [0.29, 0.717) is 17.3 Å². The number of para-hydroxylation sites is 1. The highest BCUT2D eigenvalue weighted by Crippen LogP contribution is 2.39. The lowest BCUT2D eigenvalue weighted by atomic mass is 10.2. The molecule has 0 saturated carbocycles. The quantitative estimate of drug-likeness (QED) is 0.540. The predicted octanol–water partition coefficient (Wildman–Crippen LogP) is 6.41. The molecule has 1 atom stereocenters. The molecule has 1 aliphatic heterocycles. The number of benzene rings is 3. The van der Waals surface area contributed by atoms with E-state index in [1.54, 1.807) is 23.9 Å². The minimum atomic E-state index is -0.133. The number of ether oxygens (including phenoxy) is 1. The second-order valence-corrected chi connectivity index (χ2v) is 7.97. The van der Waals surface area contributed by atoms with Gasteiger partial charge in [-0.3, -0.25) is 0 Å². The number of thioether (sulfide) groups is 1. The summed E-state index contributed by atoms with van der Waals surface area (Å²) in [5, 5.41) is 3.47. The highest BCUT2D eigenvalue weighted by atomic mass is 35.5. The van der Waals surface area contributed by atoms with Crippen LogP contribution in [0, 0.1) is 0 Å². The molecule has 28 heavy (non-hydrogen) atoms. The SMILES string of the molecule is O=C(Nc1cccc(Cl)c1)N1CCS[C@H]1c1cccc(Oc2ccccc2)c1. The van der Waals surface area contributed by atoms with Crippen LogP contribution in [0.5, 0.6) is 11.5 Å². The minimum absolute atomic E-state index is 0.0569. The molecule has 1 aliphatic rings. The second-order valence-electron chi connectivity index (χ2n) is 6.34. The molecule has 0 unspecified atom stereocenters. The fourth-order valence-corrected chi connectivity index (χ4v) is 4.51. The molecule has 0 bridgehead atoms. The van der Waals surface area contributed by atoms with Crippen LogP contribution in [0.3, 0.4) is 0 Å². The number of anilines is 1. The van der Waals surface area contributed by atoms with E-state index in [2.05, 4.69) is 5.32 Å². The topological polar surface area (TPSA) is 41.6 Å². The average molecular weight is 411 g/mol. The molecule has 0 aliphatic carbocycles. The molecular formula is C22H19ClN2O2S. The van der Waals surface area contributed by atoms with Crippen molar-refractivity contribution in [2.45, 2.75) is 5.37 Å². The van der Waals surface area contributed by atoms with Gasteiger partial charge in [-0.2, -0.15) is 0 Å². The average Bonchev–Trinajstić information content (AvgIpc) is 3.19. The van der Waals surface area contributed by atoms with Crippen LogP contribution >= 0.6 is 23.4 Å². The molecule has 0 spiro atoms. The molecule has 3 aromatic carbocycles. The lowest BCUT2D eigenvalue weighted by Gasteiger charge is -2.24. The molecule has 1 N–H and O–H groups in total. The van der Waals surface area contributed by atoms with E-state index >= 15 is 0 Å². The molecule has 0 aromatic heterocycles. The monoisotopic (exact) mass is 410 g/mol. The number of amides is 2. The van der Waals surface area contributed by atoms with E-state index in [4.69, 9.17) is 16.3 Å². The van der Waals surface area contributed by atoms with Gasteiger partial charge in [-0.1, -0.05) is 48.0 Å². The molecule has 1 fully saturated rings. The Morgan fingerprint density at radius 1 is 1.00 bits per heavy atom. The first-order valence-corrected chi connectivity index (χ1v) is 10.4. The number of carbonyl (C=O) groups is 1. The maximum atomic E-state index is 12.8. The maximum Gasteiger partial charge on any atom is 0.323 e. The number of nitrogens with one attached hydrogen (secondary N) is 1. The highest BCUT2D eigenvalue weighted by molar-refractivity contribution is 7.99. The van der Waals surface area contributed by atoms with Gasteiger partial charge in [-0.15, -0.1) is 11.8 Å². The number of hydrogen-bond donors (Lipinski definition) is 1. The number of urea groups is 1. The zero-order valence-electron chi connectivity index (χ0n) is 15.0. The van der Waals surface area contributed by atoms with Gasteiger partial charge in [-0.25, -0.2) is 4.79 Å². The Balaban J connectivity index is 1.50. The van der Waals surface area contributed by atoms with Crippen LogP contribution in [0.15, 0.2) is 78.9 Å². The van der Waals surface area contributed by atoms with Crippen molar-refractivity contribution in [1.29, 1.82) is 0 Å². The lowest BCUT2D eigenvalue weighted by molar-refractivity contribution is 0.214. The van der Waals surface area contributed by atoms with Gasteiger partial charge in [0.2, 0.25) is 0 Å². The third kappa shape index (κ3) is 4.43. The third-order valence-corrected chi connectivity index (χ3v) is 5.85. The summed E-state index contributed by atoms with van der Waals surface area (Å²) in [4.78, 5) is 14.7. The standard InChI is InChI=1S/C22H19ClN2O2S/c23-17-7-5-8-18(15-17)24-22(26)25-12-13-28-21(25)16-6-4-11-20(14-16)27-19-9-2-1-3-10-19/h1-11,14-15,21H,12-13H2,(H,24,26)/t21-/m0/s1. The number of nitrogens with zero attached hydrogens (tertiary/aromatic N) is 1. The number of hydrogen-bond acceptors (Lipinski definition) is 3. The summed E-state index contributed by atoms with van der Waals surface area (Å²) < 4.78 is 5.94. The van der Waals surface area contributed by atoms with Gasteiger partial charge >= 0.3 is 6.03 Å². The Hall–Kier alpha value is -2.63. The second kappa shape index (κ2) is 8.59. The predicted molar refractivity (Wildman–Crippen MR) is 115 cm³/mol. The van der Waals surface area contributed by atoms with Crippen molar-refractivity contribution in [1.82, 2.24) is 4.90 Å². The molecule has 142 valence electrons. The molecule has 0 radical (unpaired) electrons. The van der Waals surface area contributed by atoms with E-state index in [1.165, 1.54) is 0 Å². The van der Waals surface area contributed by atoms with Crippen molar-refractivity contribution in [2.24, 2.45) is 0 Å². The van der Waals surface area contributed by atoms with Crippen molar-refractivity contribution >= 4 is 35.1 Å². The van der Waals surface area contributed by atoms with E-state index in [9.17, 15) is 4.79 Å².